The average molecular weight is 619 g/mol. The van der Waals surface area contributed by atoms with E-state index >= 15 is 0 Å². The molecule has 0 saturated heterocycles. The molecule has 0 amide bonds. The minimum absolute atomic E-state index is 0.0590. The monoisotopic (exact) mass is 618 g/mol. The van der Waals surface area contributed by atoms with Crippen LogP contribution in [0.4, 0.5) is 0 Å². The molecule has 0 aromatic carbocycles. The van der Waals surface area contributed by atoms with Crippen molar-refractivity contribution >= 4 is 22.8 Å². The fourth-order valence-corrected chi connectivity index (χ4v) is 11.6. The van der Waals surface area contributed by atoms with Crippen LogP contribution in [0.15, 0.2) is 0 Å². The van der Waals surface area contributed by atoms with E-state index in [2.05, 4.69) is 13.8 Å². The van der Waals surface area contributed by atoms with E-state index < -0.39 is 34.4 Å². The van der Waals surface area contributed by atoms with Crippen molar-refractivity contribution in [2.24, 2.45) is 11.5 Å². The predicted octanol–water partition coefficient (Wildman–Crippen LogP) is 9.93. The van der Waals surface area contributed by atoms with Gasteiger partial charge >= 0.3 is 22.8 Å². The van der Waals surface area contributed by atoms with Crippen LogP contribution in [0, 0.1) is 0 Å². The number of nitrogens with two attached hydrogens (primary N) is 2. The van der Waals surface area contributed by atoms with Crippen LogP contribution in [0.2, 0.25) is 0 Å². The van der Waals surface area contributed by atoms with Crippen molar-refractivity contribution in [2.75, 3.05) is 19.9 Å². The zero-order valence-electron chi connectivity index (χ0n) is 25.7. The predicted molar refractivity (Wildman–Crippen MR) is 165 cm³/mol. The standard InChI is InChI=1S/C27H61N2O7P3/c1-6-10-12-14-16-18-20-22-24-26(28)38(31,33-8-3)35-37(5,30)36-39(32,34-9-4)27(29)25-23-21-19-17-15-13-11-7-2/h26-27H,6-25,28-29H2,1-5H3. The van der Waals surface area contributed by atoms with Gasteiger partial charge in [-0.1, -0.05) is 117 Å². The minimum atomic E-state index is -4.16. The van der Waals surface area contributed by atoms with Crippen LogP contribution >= 0.6 is 22.8 Å². The third-order valence-electron chi connectivity index (χ3n) is 6.66. The van der Waals surface area contributed by atoms with Crippen molar-refractivity contribution in [1.82, 2.24) is 0 Å². The molecule has 0 aromatic heterocycles. The van der Waals surface area contributed by atoms with E-state index in [9.17, 15) is 13.7 Å². The topological polar surface area (TPSA) is 140 Å². The largest absolute Gasteiger partial charge is 0.354 e. The second-order valence-corrected chi connectivity index (χ2v) is 17.4. The van der Waals surface area contributed by atoms with Crippen molar-refractivity contribution in [1.29, 1.82) is 0 Å². The van der Waals surface area contributed by atoms with Gasteiger partial charge in [-0.3, -0.25) is 13.7 Å². The molecule has 0 rings (SSSR count). The van der Waals surface area contributed by atoms with E-state index in [-0.39, 0.29) is 13.2 Å². The molecule has 0 aliphatic heterocycles. The molecule has 0 aliphatic carbocycles. The molecule has 4 atom stereocenters. The molecule has 0 bridgehead atoms. The molecule has 0 saturated carbocycles. The van der Waals surface area contributed by atoms with Crippen LogP contribution < -0.4 is 11.5 Å². The fraction of sp³-hybridized carbons (Fsp3) is 1.00. The summed E-state index contributed by atoms with van der Waals surface area (Å²) in [6.45, 7) is 8.95. The highest BCUT2D eigenvalue weighted by Gasteiger charge is 2.45. The maximum absolute atomic E-state index is 13.5. The second kappa shape index (κ2) is 23.0. The van der Waals surface area contributed by atoms with Crippen molar-refractivity contribution < 1.29 is 31.4 Å². The summed E-state index contributed by atoms with van der Waals surface area (Å²) < 4.78 is 62.2. The molecule has 0 aliphatic rings. The van der Waals surface area contributed by atoms with Crippen LogP contribution in [-0.4, -0.2) is 31.4 Å². The van der Waals surface area contributed by atoms with Crippen LogP contribution in [0.5, 0.6) is 0 Å². The molecule has 236 valence electrons. The van der Waals surface area contributed by atoms with Crippen molar-refractivity contribution in [3.8, 4) is 0 Å². The SMILES string of the molecule is CCCCCCCCCCC(N)P(=O)(OCC)OP(C)(=O)OP(=O)(OCC)C(N)CCCCCCCCCC. The first-order valence-corrected chi connectivity index (χ1v) is 20.7. The van der Waals surface area contributed by atoms with Gasteiger partial charge < -0.3 is 20.5 Å². The zero-order chi connectivity index (χ0) is 29.6. The van der Waals surface area contributed by atoms with Gasteiger partial charge in [0, 0.05) is 6.66 Å². The first kappa shape index (κ1) is 39.5. The summed E-state index contributed by atoms with van der Waals surface area (Å²) in [4.78, 5) is 0. The molecular formula is C27H61N2O7P3. The Morgan fingerprint density at radius 2 is 0.795 bits per heavy atom. The van der Waals surface area contributed by atoms with E-state index in [0.717, 1.165) is 45.2 Å². The van der Waals surface area contributed by atoms with Gasteiger partial charge in [-0.15, -0.1) is 0 Å². The summed E-state index contributed by atoms with van der Waals surface area (Å²) in [5.74, 6) is -1.93. The van der Waals surface area contributed by atoms with Gasteiger partial charge in [0.15, 0.2) is 0 Å². The molecule has 0 heterocycles. The Labute approximate surface area is 240 Å². The van der Waals surface area contributed by atoms with Gasteiger partial charge in [-0.2, -0.15) is 0 Å². The van der Waals surface area contributed by atoms with E-state index in [1.54, 1.807) is 13.8 Å². The lowest BCUT2D eigenvalue weighted by atomic mass is 10.1. The van der Waals surface area contributed by atoms with E-state index in [1.165, 1.54) is 64.2 Å². The number of hydrogen-bond acceptors (Lipinski definition) is 9. The van der Waals surface area contributed by atoms with E-state index in [0.29, 0.717) is 12.8 Å². The zero-order valence-corrected chi connectivity index (χ0v) is 28.3. The van der Waals surface area contributed by atoms with E-state index in [4.69, 9.17) is 29.1 Å². The summed E-state index contributed by atoms with van der Waals surface area (Å²) in [7, 11) is -12.2. The van der Waals surface area contributed by atoms with Crippen LogP contribution in [0.1, 0.15) is 143 Å². The van der Waals surface area contributed by atoms with Crippen LogP contribution in [0.3, 0.4) is 0 Å². The highest BCUT2D eigenvalue weighted by Crippen LogP contribution is 2.72. The number of rotatable bonds is 28. The maximum Gasteiger partial charge on any atom is 0.354 e. The van der Waals surface area contributed by atoms with Crippen LogP contribution in [0.25, 0.3) is 0 Å². The summed E-state index contributed by atoms with van der Waals surface area (Å²) in [5, 5.41) is 0. The lowest BCUT2D eigenvalue weighted by Crippen LogP contribution is -2.24. The smallest absolute Gasteiger partial charge is 0.318 e. The first-order chi connectivity index (χ1) is 18.5. The number of unbranched alkanes of at least 4 members (excludes halogenated alkanes) is 14. The lowest BCUT2D eigenvalue weighted by molar-refractivity contribution is 0.238. The van der Waals surface area contributed by atoms with Crippen molar-refractivity contribution in [3.63, 3.8) is 0 Å². The second-order valence-electron chi connectivity index (χ2n) is 10.5. The Morgan fingerprint density at radius 3 is 1.08 bits per heavy atom. The maximum atomic E-state index is 13.5. The van der Waals surface area contributed by atoms with Crippen molar-refractivity contribution in [2.45, 2.75) is 155 Å². The summed E-state index contributed by atoms with van der Waals surface area (Å²) >= 11 is 0. The molecule has 12 heteroatoms. The molecule has 0 radical (unpaired) electrons. The highest BCUT2D eigenvalue weighted by atomic mass is 31.3. The van der Waals surface area contributed by atoms with Gasteiger partial charge in [0.25, 0.3) is 0 Å². The molecule has 4 unspecified atom stereocenters. The van der Waals surface area contributed by atoms with Crippen molar-refractivity contribution in [3.05, 3.63) is 0 Å². The van der Waals surface area contributed by atoms with Gasteiger partial charge in [0.1, 0.15) is 11.6 Å². The quantitative estimate of drug-likeness (QED) is 0.0647. The molecule has 39 heavy (non-hydrogen) atoms. The lowest BCUT2D eigenvalue weighted by Gasteiger charge is -2.30. The highest BCUT2D eigenvalue weighted by molar-refractivity contribution is 7.72. The van der Waals surface area contributed by atoms with E-state index in [1.807, 2.05) is 0 Å². The molecule has 0 aromatic rings. The minimum Gasteiger partial charge on any atom is -0.318 e. The normalized spacial score (nSPS) is 18.2. The third-order valence-corrected chi connectivity index (χ3v) is 14.2. The van der Waals surface area contributed by atoms with Gasteiger partial charge in [-0.25, -0.2) is 8.62 Å². The summed E-state index contributed by atoms with van der Waals surface area (Å²) in [5.41, 5.74) is 12.5. The summed E-state index contributed by atoms with van der Waals surface area (Å²) in [6.07, 6.45) is 18.6. The Hall–Kier alpha value is 0.450. The Bertz CT molecular complexity index is 686. The molecular weight excluding hydrogens is 557 g/mol. The average Bonchev–Trinajstić information content (AvgIpc) is 2.86. The van der Waals surface area contributed by atoms with Crippen LogP contribution in [-0.2, 0) is 31.4 Å². The molecule has 0 fully saturated rings. The molecule has 9 nitrogen and oxygen atoms in total. The Morgan fingerprint density at radius 1 is 0.513 bits per heavy atom. The summed E-state index contributed by atoms with van der Waals surface area (Å²) in [6, 6.07) is 0. The Kier molecular flexibility index (Phi) is 23.2. The number of hydrogen-bond donors (Lipinski definition) is 2. The van der Waals surface area contributed by atoms with Gasteiger partial charge in [-0.05, 0) is 26.7 Å². The first-order valence-electron chi connectivity index (χ1n) is 15.5. The molecule has 0 spiro atoms. The Balaban J connectivity index is 4.94. The third kappa shape index (κ3) is 18.6. The fourth-order valence-electron chi connectivity index (χ4n) is 4.44. The molecule has 4 N–H and O–H groups in total. The van der Waals surface area contributed by atoms with Gasteiger partial charge in [0.2, 0.25) is 0 Å². The van der Waals surface area contributed by atoms with Gasteiger partial charge in [0.05, 0.1) is 13.2 Å².